The van der Waals surface area contributed by atoms with Gasteiger partial charge in [-0.25, -0.2) is 0 Å². The van der Waals surface area contributed by atoms with Crippen LogP contribution in [0.25, 0.3) is 0 Å². The molecule has 9 heteroatoms. The van der Waals surface area contributed by atoms with Crippen LogP contribution >= 0.6 is 0 Å². The number of halogens is 3. The van der Waals surface area contributed by atoms with Gasteiger partial charge in [-0.15, -0.1) is 0 Å². The molecule has 150 valence electrons. The van der Waals surface area contributed by atoms with Gasteiger partial charge in [0.15, 0.2) is 0 Å². The van der Waals surface area contributed by atoms with Crippen molar-refractivity contribution in [3.8, 4) is 5.75 Å². The molecule has 3 N–H and O–H groups in total. The number of methoxy groups -OCH3 is 1. The molecular weight excluding hydrogens is 375 g/mol. The third-order valence-electron chi connectivity index (χ3n) is 3.74. The number of alkyl halides is 3. The average Bonchev–Trinajstić information content (AvgIpc) is 2.64. The summed E-state index contributed by atoms with van der Waals surface area (Å²) >= 11 is 0. The second-order valence-electron chi connectivity index (χ2n) is 5.96. The van der Waals surface area contributed by atoms with E-state index in [1.165, 1.54) is 19.2 Å². The Balaban J connectivity index is 1.79. The average molecular weight is 395 g/mol. The van der Waals surface area contributed by atoms with Gasteiger partial charge in [0.05, 0.1) is 31.5 Å². The fourth-order valence-electron chi connectivity index (χ4n) is 2.31. The molecule has 2 aromatic carbocycles. The lowest BCUT2D eigenvalue weighted by Gasteiger charge is -2.12. The lowest BCUT2D eigenvalue weighted by atomic mass is 10.2. The lowest BCUT2D eigenvalue weighted by molar-refractivity contribution is -0.137. The zero-order valence-electron chi connectivity index (χ0n) is 15.3. The van der Waals surface area contributed by atoms with Crippen LogP contribution in [0.5, 0.6) is 5.75 Å². The fourth-order valence-corrected chi connectivity index (χ4v) is 2.31. The van der Waals surface area contributed by atoms with E-state index in [1.54, 1.807) is 12.1 Å². The van der Waals surface area contributed by atoms with Gasteiger partial charge < -0.3 is 20.7 Å². The lowest BCUT2D eigenvalue weighted by Crippen LogP contribution is -2.36. The monoisotopic (exact) mass is 395 g/mol. The zero-order chi connectivity index (χ0) is 20.7. The first-order chi connectivity index (χ1) is 13.2. The Bertz CT molecular complexity index is 837. The Kier molecular flexibility index (Phi) is 6.86. The molecule has 0 atom stereocenters. The molecule has 0 heterocycles. The predicted octanol–water partition coefficient (Wildman–Crippen LogP) is 3.19. The van der Waals surface area contributed by atoms with Gasteiger partial charge in [0.1, 0.15) is 5.75 Å². The second-order valence-corrected chi connectivity index (χ2v) is 5.96. The minimum Gasteiger partial charge on any atom is -0.495 e. The van der Waals surface area contributed by atoms with E-state index in [-0.39, 0.29) is 13.1 Å². The van der Waals surface area contributed by atoms with E-state index in [0.717, 1.165) is 17.7 Å². The standard InChI is InChI=1S/C19H20F3N3O3/c1-12-3-8-16(28-2)15(9-12)25-18(27)11-24-17(26)10-23-14-6-4-13(5-7-14)19(20,21)22/h3-9,23H,10-11H2,1-2H3,(H,24,26)(H,25,27). The second kappa shape index (κ2) is 9.12. The van der Waals surface area contributed by atoms with Crippen LogP contribution in [0.4, 0.5) is 24.5 Å². The highest BCUT2D eigenvalue weighted by Gasteiger charge is 2.29. The zero-order valence-corrected chi connectivity index (χ0v) is 15.3. The molecule has 0 saturated carbocycles. The summed E-state index contributed by atoms with van der Waals surface area (Å²) in [6.07, 6.45) is -4.41. The molecule has 0 aliphatic rings. The molecule has 6 nitrogen and oxygen atoms in total. The minimum atomic E-state index is -4.41. The molecule has 2 rings (SSSR count). The summed E-state index contributed by atoms with van der Waals surface area (Å²) in [5.41, 5.74) is 1.01. The van der Waals surface area contributed by atoms with Crippen LogP contribution in [0.15, 0.2) is 42.5 Å². The van der Waals surface area contributed by atoms with Gasteiger partial charge in [-0.2, -0.15) is 13.2 Å². The smallest absolute Gasteiger partial charge is 0.416 e. The van der Waals surface area contributed by atoms with Crippen molar-refractivity contribution in [3.05, 3.63) is 53.6 Å². The van der Waals surface area contributed by atoms with Crippen molar-refractivity contribution in [2.75, 3.05) is 30.8 Å². The Labute approximate surface area is 160 Å². The molecule has 0 saturated heterocycles. The molecule has 2 amide bonds. The number of benzene rings is 2. The number of rotatable bonds is 7. The van der Waals surface area contributed by atoms with Crippen LogP contribution in [-0.4, -0.2) is 32.0 Å². The normalized spacial score (nSPS) is 10.9. The quantitative estimate of drug-likeness (QED) is 0.673. The van der Waals surface area contributed by atoms with Gasteiger partial charge in [-0.05, 0) is 48.9 Å². The predicted molar refractivity (Wildman–Crippen MR) is 99.3 cm³/mol. The first-order valence-electron chi connectivity index (χ1n) is 8.31. The van der Waals surface area contributed by atoms with Crippen molar-refractivity contribution < 1.29 is 27.5 Å². The number of aryl methyl sites for hydroxylation is 1. The number of carbonyl (C=O) groups excluding carboxylic acids is 2. The van der Waals surface area contributed by atoms with Gasteiger partial charge >= 0.3 is 6.18 Å². The molecular formula is C19H20F3N3O3. The number of nitrogens with one attached hydrogen (secondary N) is 3. The molecule has 2 aromatic rings. The van der Waals surface area contributed by atoms with E-state index in [0.29, 0.717) is 17.1 Å². The third kappa shape index (κ3) is 6.19. The molecule has 28 heavy (non-hydrogen) atoms. The SMILES string of the molecule is COc1ccc(C)cc1NC(=O)CNC(=O)CNc1ccc(C(F)(F)F)cc1. The first kappa shape index (κ1) is 21.1. The van der Waals surface area contributed by atoms with Crippen LogP contribution in [-0.2, 0) is 15.8 Å². The summed E-state index contributed by atoms with van der Waals surface area (Å²) in [4.78, 5) is 23.8. The summed E-state index contributed by atoms with van der Waals surface area (Å²) < 4.78 is 42.7. The largest absolute Gasteiger partial charge is 0.495 e. The van der Waals surface area contributed by atoms with Gasteiger partial charge in [-0.1, -0.05) is 6.07 Å². The maximum Gasteiger partial charge on any atom is 0.416 e. The molecule has 0 radical (unpaired) electrons. The molecule has 0 spiro atoms. The van der Waals surface area contributed by atoms with E-state index in [9.17, 15) is 22.8 Å². The number of hydrogen-bond acceptors (Lipinski definition) is 4. The molecule has 0 fully saturated rings. The van der Waals surface area contributed by atoms with Crippen LogP contribution in [0.2, 0.25) is 0 Å². The van der Waals surface area contributed by atoms with Crippen molar-refractivity contribution in [1.82, 2.24) is 5.32 Å². The molecule has 0 bridgehead atoms. The van der Waals surface area contributed by atoms with Gasteiger partial charge in [0.25, 0.3) is 0 Å². The summed E-state index contributed by atoms with van der Waals surface area (Å²) in [5.74, 6) is -0.424. The van der Waals surface area contributed by atoms with Crippen molar-refractivity contribution >= 4 is 23.2 Å². The Morgan fingerprint density at radius 3 is 2.29 bits per heavy atom. The molecule has 0 aliphatic carbocycles. The van der Waals surface area contributed by atoms with Gasteiger partial charge in [0, 0.05) is 5.69 Å². The number of anilines is 2. The van der Waals surface area contributed by atoms with E-state index < -0.39 is 23.6 Å². The topological polar surface area (TPSA) is 79.5 Å². The Hall–Kier alpha value is -3.23. The summed E-state index contributed by atoms with van der Waals surface area (Å²) in [6, 6.07) is 9.59. The summed E-state index contributed by atoms with van der Waals surface area (Å²) in [5, 5.41) is 7.76. The number of ether oxygens (including phenoxy) is 1. The van der Waals surface area contributed by atoms with Crippen LogP contribution in [0.3, 0.4) is 0 Å². The van der Waals surface area contributed by atoms with E-state index in [4.69, 9.17) is 4.74 Å². The van der Waals surface area contributed by atoms with E-state index in [2.05, 4.69) is 16.0 Å². The highest BCUT2D eigenvalue weighted by molar-refractivity contribution is 5.96. The first-order valence-corrected chi connectivity index (χ1v) is 8.31. The number of hydrogen-bond donors (Lipinski definition) is 3. The summed E-state index contributed by atoms with van der Waals surface area (Å²) in [6.45, 7) is 1.42. The third-order valence-corrected chi connectivity index (χ3v) is 3.74. The van der Waals surface area contributed by atoms with Crippen molar-refractivity contribution in [2.45, 2.75) is 13.1 Å². The van der Waals surface area contributed by atoms with E-state index in [1.807, 2.05) is 13.0 Å². The molecule has 0 aliphatic heterocycles. The highest BCUT2D eigenvalue weighted by Crippen LogP contribution is 2.29. The van der Waals surface area contributed by atoms with Crippen LogP contribution in [0, 0.1) is 6.92 Å². The van der Waals surface area contributed by atoms with Crippen LogP contribution in [0.1, 0.15) is 11.1 Å². The number of amides is 2. The van der Waals surface area contributed by atoms with E-state index >= 15 is 0 Å². The van der Waals surface area contributed by atoms with Crippen LogP contribution < -0.4 is 20.7 Å². The molecule has 0 unspecified atom stereocenters. The maximum absolute atomic E-state index is 12.5. The maximum atomic E-state index is 12.5. The van der Waals surface area contributed by atoms with Gasteiger partial charge in [-0.3, -0.25) is 9.59 Å². The minimum absolute atomic E-state index is 0.188. The van der Waals surface area contributed by atoms with Gasteiger partial charge in [0.2, 0.25) is 11.8 Å². The number of carbonyl (C=O) groups is 2. The fraction of sp³-hybridized carbons (Fsp3) is 0.263. The van der Waals surface area contributed by atoms with Crippen molar-refractivity contribution in [3.63, 3.8) is 0 Å². The molecule has 0 aromatic heterocycles. The Morgan fingerprint density at radius 1 is 1.00 bits per heavy atom. The summed E-state index contributed by atoms with van der Waals surface area (Å²) in [7, 11) is 1.48. The van der Waals surface area contributed by atoms with Crippen molar-refractivity contribution in [2.24, 2.45) is 0 Å². The highest BCUT2D eigenvalue weighted by atomic mass is 19.4. The Morgan fingerprint density at radius 2 is 1.68 bits per heavy atom. The van der Waals surface area contributed by atoms with Crippen molar-refractivity contribution in [1.29, 1.82) is 0 Å².